The van der Waals surface area contributed by atoms with Crippen molar-refractivity contribution in [3.05, 3.63) is 45.6 Å². The van der Waals surface area contributed by atoms with Gasteiger partial charge in [0, 0.05) is 15.1 Å². The Morgan fingerprint density at radius 2 is 2.00 bits per heavy atom. The molecule has 6 heteroatoms. The van der Waals surface area contributed by atoms with Gasteiger partial charge in [-0.3, -0.25) is 5.43 Å². The largest absolute Gasteiger partial charge is 0.364 e. The lowest BCUT2D eigenvalue weighted by atomic mass is 10.2. The molecule has 0 amide bonds. The summed E-state index contributed by atoms with van der Waals surface area (Å²) in [5, 5.41) is 4.37. The molecule has 0 fully saturated rings. The number of benzene rings is 1. The van der Waals surface area contributed by atoms with Gasteiger partial charge >= 0.3 is 0 Å². The Balaban J connectivity index is 1.92. The van der Waals surface area contributed by atoms with Crippen LogP contribution in [0, 0.1) is 13.8 Å². The van der Waals surface area contributed by atoms with Gasteiger partial charge in [-0.1, -0.05) is 12.1 Å². The molecular weight excluding hydrogens is 282 g/mol. The number of nitrogens with one attached hydrogen (secondary N) is 2. The Labute approximate surface area is 127 Å². The fraction of sp³-hybridized carbons (Fsp3) is 0.200. The predicted molar refractivity (Wildman–Crippen MR) is 88.5 cm³/mol. The molecule has 0 bridgehead atoms. The summed E-state index contributed by atoms with van der Waals surface area (Å²) in [6.45, 7) is 5.01. The maximum absolute atomic E-state index is 5.44. The van der Waals surface area contributed by atoms with Gasteiger partial charge in [0.25, 0.3) is 0 Å². The summed E-state index contributed by atoms with van der Waals surface area (Å²) in [7, 11) is 0. The zero-order chi connectivity index (χ0) is 14.8. The van der Waals surface area contributed by atoms with Gasteiger partial charge in [0.15, 0.2) is 0 Å². The van der Waals surface area contributed by atoms with Gasteiger partial charge in [-0.05, 0) is 37.6 Å². The zero-order valence-corrected chi connectivity index (χ0v) is 12.8. The summed E-state index contributed by atoms with van der Waals surface area (Å²) in [5.41, 5.74) is 4.70. The summed E-state index contributed by atoms with van der Waals surface area (Å²) in [6, 6.07) is 10.1. The molecule has 0 aliphatic rings. The lowest BCUT2D eigenvalue weighted by Gasteiger charge is -2.09. The number of fused-ring (bicyclic) bond motifs is 1. The summed E-state index contributed by atoms with van der Waals surface area (Å²) in [6.07, 6.45) is 0. The number of nitrogens with zero attached hydrogens (tertiary/aromatic N) is 2. The Morgan fingerprint density at radius 3 is 2.71 bits per heavy atom. The number of aromatic nitrogens is 2. The number of hydrogen-bond acceptors (Lipinski definition) is 6. The number of para-hydroxylation sites is 1. The maximum atomic E-state index is 5.44. The van der Waals surface area contributed by atoms with Crippen molar-refractivity contribution >= 4 is 34.0 Å². The standard InChI is InChI=1S/C15H17N5S/c1-9-7-11(21-10(9)2)8-17-14-12-5-3-4-6-13(12)18-15(19-14)20-16/h3-7H,8,16H2,1-2H3,(H2,17,18,19,20). The Bertz CT molecular complexity index is 761. The lowest BCUT2D eigenvalue weighted by Crippen LogP contribution is -2.12. The van der Waals surface area contributed by atoms with Crippen molar-refractivity contribution < 1.29 is 0 Å². The van der Waals surface area contributed by atoms with Crippen molar-refractivity contribution in [2.45, 2.75) is 20.4 Å². The van der Waals surface area contributed by atoms with Crippen molar-refractivity contribution in [2.24, 2.45) is 5.84 Å². The van der Waals surface area contributed by atoms with Gasteiger partial charge in [-0.2, -0.15) is 4.98 Å². The monoisotopic (exact) mass is 299 g/mol. The van der Waals surface area contributed by atoms with Gasteiger partial charge in [0.05, 0.1) is 12.1 Å². The highest BCUT2D eigenvalue weighted by Crippen LogP contribution is 2.24. The summed E-state index contributed by atoms with van der Waals surface area (Å²) >= 11 is 1.80. The van der Waals surface area contributed by atoms with E-state index in [1.54, 1.807) is 11.3 Å². The van der Waals surface area contributed by atoms with Crippen LogP contribution in [0.4, 0.5) is 11.8 Å². The number of rotatable bonds is 4. The minimum atomic E-state index is 0.412. The van der Waals surface area contributed by atoms with E-state index in [0.29, 0.717) is 5.95 Å². The minimum Gasteiger partial charge on any atom is -0.364 e. The molecule has 3 aromatic rings. The van der Waals surface area contributed by atoms with Crippen LogP contribution in [0.5, 0.6) is 0 Å². The highest BCUT2D eigenvalue weighted by molar-refractivity contribution is 7.12. The first-order valence-electron chi connectivity index (χ1n) is 6.70. The van der Waals surface area contributed by atoms with E-state index in [1.165, 1.54) is 15.3 Å². The van der Waals surface area contributed by atoms with Crippen LogP contribution in [0.25, 0.3) is 10.9 Å². The minimum absolute atomic E-state index is 0.412. The Morgan fingerprint density at radius 1 is 1.19 bits per heavy atom. The van der Waals surface area contributed by atoms with E-state index in [9.17, 15) is 0 Å². The summed E-state index contributed by atoms with van der Waals surface area (Å²) in [4.78, 5) is 11.4. The molecule has 1 aromatic carbocycles. The third kappa shape index (κ3) is 2.81. The molecule has 4 N–H and O–H groups in total. The normalized spacial score (nSPS) is 10.8. The average Bonchev–Trinajstić information content (AvgIpc) is 2.83. The fourth-order valence-corrected chi connectivity index (χ4v) is 3.18. The molecule has 2 heterocycles. The van der Waals surface area contributed by atoms with Crippen LogP contribution >= 0.6 is 11.3 Å². The van der Waals surface area contributed by atoms with E-state index in [4.69, 9.17) is 5.84 Å². The molecule has 108 valence electrons. The van der Waals surface area contributed by atoms with Crippen LogP contribution in [0.2, 0.25) is 0 Å². The topological polar surface area (TPSA) is 75.9 Å². The molecule has 0 saturated heterocycles. The zero-order valence-electron chi connectivity index (χ0n) is 12.0. The third-order valence-corrected chi connectivity index (χ3v) is 4.53. The van der Waals surface area contributed by atoms with Gasteiger partial charge in [0.2, 0.25) is 5.95 Å². The number of hydrogen-bond donors (Lipinski definition) is 3. The predicted octanol–water partition coefficient (Wildman–Crippen LogP) is 3.21. The van der Waals surface area contributed by atoms with Crippen molar-refractivity contribution in [3.8, 4) is 0 Å². The molecule has 2 aromatic heterocycles. The van der Waals surface area contributed by atoms with Crippen molar-refractivity contribution in [2.75, 3.05) is 10.7 Å². The van der Waals surface area contributed by atoms with Crippen molar-refractivity contribution in [1.29, 1.82) is 0 Å². The van der Waals surface area contributed by atoms with Crippen LogP contribution in [-0.2, 0) is 6.54 Å². The average molecular weight is 299 g/mol. The number of nitrogen functional groups attached to an aromatic ring is 1. The Hall–Kier alpha value is -2.18. The molecule has 0 aliphatic carbocycles. The lowest BCUT2D eigenvalue weighted by molar-refractivity contribution is 1.10. The van der Waals surface area contributed by atoms with E-state index < -0.39 is 0 Å². The van der Waals surface area contributed by atoms with Gasteiger partial charge in [-0.25, -0.2) is 10.8 Å². The highest BCUT2D eigenvalue weighted by atomic mass is 32.1. The number of nitrogens with two attached hydrogens (primary N) is 1. The van der Waals surface area contributed by atoms with Crippen molar-refractivity contribution in [3.63, 3.8) is 0 Å². The molecule has 0 spiro atoms. The molecule has 21 heavy (non-hydrogen) atoms. The van der Waals surface area contributed by atoms with Gasteiger partial charge in [0.1, 0.15) is 5.82 Å². The van der Waals surface area contributed by atoms with Crippen LogP contribution in [0.1, 0.15) is 15.3 Å². The second-order valence-electron chi connectivity index (χ2n) is 4.86. The molecule has 0 radical (unpaired) electrons. The van der Waals surface area contributed by atoms with Gasteiger partial charge in [-0.15, -0.1) is 11.3 Å². The molecule has 0 unspecified atom stereocenters. The maximum Gasteiger partial charge on any atom is 0.239 e. The van der Waals surface area contributed by atoms with E-state index in [2.05, 4.69) is 40.6 Å². The number of aryl methyl sites for hydroxylation is 2. The van der Waals surface area contributed by atoms with E-state index in [1.807, 2.05) is 24.3 Å². The molecule has 5 nitrogen and oxygen atoms in total. The summed E-state index contributed by atoms with van der Waals surface area (Å²) < 4.78 is 0. The first kappa shape index (κ1) is 13.8. The second kappa shape index (κ2) is 5.67. The van der Waals surface area contributed by atoms with Crippen LogP contribution in [0.15, 0.2) is 30.3 Å². The van der Waals surface area contributed by atoms with Crippen LogP contribution in [0.3, 0.4) is 0 Å². The van der Waals surface area contributed by atoms with E-state index in [-0.39, 0.29) is 0 Å². The highest BCUT2D eigenvalue weighted by Gasteiger charge is 2.07. The SMILES string of the molecule is Cc1cc(CNc2nc(NN)nc3ccccc23)sc1C. The quantitative estimate of drug-likeness (QED) is 0.509. The molecule has 3 rings (SSSR count). The number of thiophene rings is 1. The van der Waals surface area contributed by atoms with Crippen LogP contribution < -0.4 is 16.6 Å². The molecular formula is C15H17N5S. The van der Waals surface area contributed by atoms with E-state index >= 15 is 0 Å². The molecule has 0 saturated carbocycles. The van der Waals surface area contributed by atoms with E-state index in [0.717, 1.165) is 23.3 Å². The number of hydrazine groups is 1. The van der Waals surface area contributed by atoms with Gasteiger partial charge < -0.3 is 5.32 Å². The smallest absolute Gasteiger partial charge is 0.239 e. The molecule has 0 atom stereocenters. The Kier molecular flexibility index (Phi) is 3.72. The molecule has 0 aliphatic heterocycles. The third-order valence-electron chi connectivity index (χ3n) is 3.38. The van der Waals surface area contributed by atoms with Crippen LogP contribution in [-0.4, -0.2) is 9.97 Å². The fourth-order valence-electron chi connectivity index (χ4n) is 2.18. The first-order chi connectivity index (χ1) is 10.2. The second-order valence-corrected chi connectivity index (χ2v) is 6.20. The first-order valence-corrected chi connectivity index (χ1v) is 7.52. The number of anilines is 2. The van der Waals surface area contributed by atoms with Crippen molar-refractivity contribution in [1.82, 2.24) is 9.97 Å². The summed E-state index contributed by atoms with van der Waals surface area (Å²) in [5.74, 6) is 6.64.